The first-order valence-electron chi connectivity index (χ1n) is 9.10. The Balaban J connectivity index is 1.42. The van der Waals surface area contributed by atoms with Crippen LogP contribution in [-0.4, -0.2) is 53.9 Å². The van der Waals surface area contributed by atoms with Crippen molar-refractivity contribution in [2.24, 2.45) is 0 Å². The molecule has 158 valence electrons. The van der Waals surface area contributed by atoms with Crippen LogP contribution in [0.1, 0.15) is 5.89 Å². The fourth-order valence-electron chi connectivity index (χ4n) is 3.25. The van der Waals surface area contributed by atoms with Gasteiger partial charge in [0.2, 0.25) is 21.7 Å². The molecule has 0 amide bonds. The molecule has 2 aromatic carbocycles. The van der Waals surface area contributed by atoms with Crippen LogP contribution >= 0.6 is 34.8 Å². The molecule has 7 nitrogen and oxygen atoms in total. The minimum absolute atomic E-state index is 0.0527. The topological polar surface area (TPSA) is 79.5 Å². The fraction of sp³-hybridized carbons (Fsp3) is 0.263. The predicted octanol–water partition coefficient (Wildman–Crippen LogP) is 4.20. The third-order valence-corrected chi connectivity index (χ3v) is 7.97. The average molecular weight is 488 g/mol. The monoisotopic (exact) mass is 486 g/mol. The summed E-state index contributed by atoms with van der Waals surface area (Å²) in [4.78, 5) is 6.40. The molecule has 3 aromatic rings. The number of piperazine rings is 1. The van der Waals surface area contributed by atoms with Crippen LogP contribution in [0.25, 0.3) is 11.4 Å². The Morgan fingerprint density at radius 2 is 1.53 bits per heavy atom. The number of nitrogens with zero attached hydrogens (tertiary/aromatic N) is 4. The van der Waals surface area contributed by atoms with Crippen molar-refractivity contribution in [2.75, 3.05) is 26.2 Å². The molecule has 0 radical (unpaired) electrons. The molecule has 1 saturated heterocycles. The second-order valence-electron chi connectivity index (χ2n) is 6.72. The van der Waals surface area contributed by atoms with Crippen molar-refractivity contribution in [1.29, 1.82) is 0 Å². The molecule has 0 aliphatic carbocycles. The molecule has 0 spiro atoms. The van der Waals surface area contributed by atoms with Gasteiger partial charge in [-0.05, 0) is 24.3 Å². The van der Waals surface area contributed by atoms with Crippen molar-refractivity contribution in [1.82, 2.24) is 19.3 Å². The zero-order valence-corrected chi connectivity index (χ0v) is 18.7. The number of rotatable bonds is 5. The number of aromatic nitrogens is 2. The van der Waals surface area contributed by atoms with Crippen LogP contribution in [0.3, 0.4) is 0 Å². The van der Waals surface area contributed by atoms with Crippen LogP contribution in [0.15, 0.2) is 51.9 Å². The molecule has 0 bridgehead atoms. The molecule has 0 saturated carbocycles. The van der Waals surface area contributed by atoms with E-state index < -0.39 is 10.0 Å². The molecule has 1 aliphatic rings. The Labute approximate surface area is 189 Å². The molecular formula is C19H17Cl3N4O3S. The van der Waals surface area contributed by atoms with E-state index in [4.69, 9.17) is 39.3 Å². The molecule has 2 heterocycles. The highest BCUT2D eigenvalue weighted by Gasteiger charge is 2.32. The van der Waals surface area contributed by atoms with E-state index in [0.29, 0.717) is 55.0 Å². The highest BCUT2D eigenvalue weighted by molar-refractivity contribution is 7.89. The third-order valence-electron chi connectivity index (χ3n) is 4.79. The molecule has 1 aliphatic heterocycles. The summed E-state index contributed by atoms with van der Waals surface area (Å²) >= 11 is 18.4. The second kappa shape index (κ2) is 8.82. The summed E-state index contributed by atoms with van der Waals surface area (Å²) in [6.07, 6.45) is 0. The van der Waals surface area contributed by atoms with Crippen molar-refractivity contribution in [2.45, 2.75) is 11.4 Å². The number of benzene rings is 2. The zero-order chi connectivity index (χ0) is 21.3. The zero-order valence-electron chi connectivity index (χ0n) is 15.6. The lowest BCUT2D eigenvalue weighted by atomic mass is 10.2. The van der Waals surface area contributed by atoms with Crippen molar-refractivity contribution in [3.63, 3.8) is 0 Å². The lowest BCUT2D eigenvalue weighted by Gasteiger charge is -2.33. The van der Waals surface area contributed by atoms with E-state index in [2.05, 4.69) is 10.1 Å². The van der Waals surface area contributed by atoms with Gasteiger partial charge in [-0.2, -0.15) is 9.29 Å². The number of hydrogen-bond acceptors (Lipinski definition) is 6. The van der Waals surface area contributed by atoms with Crippen molar-refractivity contribution < 1.29 is 12.9 Å². The minimum Gasteiger partial charge on any atom is -0.338 e. The average Bonchev–Trinajstić information content (AvgIpc) is 3.16. The Morgan fingerprint density at radius 1 is 0.900 bits per heavy atom. The SMILES string of the molecule is O=S(=O)(c1c(Cl)cccc1Cl)N1CCN(Cc2nc(-c3ccccc3Cl)no2)CC1. The Kier molecular flexibility index (Phi) is 6.34. The second-order valence-corrected chi connectivity index (χ2v) is 9.82. The van der Waals surface area contributed by atoms with Crippen molar-refractivity contribution in [3.05, 3.63) is 63.4 Å². The van der Waals surface area contributed by atoms with Crippen molar-refractivity contribution in [3.8, 4) is 11.4 Å². The summed E-state index contributed by atoms with van der Waals surface area (Å²) in [6.45, 7) is 2.03. The van der Waals surface area contributed by atoms with Gasteiger partial charge < -0.3 is 4.52 Å². The van der Waals surface area contributed by atoms with E-state index >= 15 is 0 Å². The van der Waals surface area contributed by atoms with E-state index in [1.165, 1.54) is 16.4 Å². The van der Waals surface area contributed by atoms with Crippen LogP contribution in [0.2, 0.25) is 15.1 Å². The molecule has 0 unspecified atom stereocenters. The first-order chi connectivity index (χ1) is 14.4. The van der Waals surface area contributed by atoms with Crippen LogP contribution in [0.5, 0.6) is 0 Å². The number of hydrogen-bond donors (Lipinski definition) is 0. The Bertz CT molecular complexity index is 1140. The highest BCUT2D eigenvalue weighted by Crippen LogP contribution is 2.32. The predicted molar refractivity (Wildman–Crippen MR) is 115 cm³/mol. The minimum atomic E-state index is -3.78. The molecule has 1 fully saturated rings. The van der Waals surface area contributed by atoms with E-state index in [0.717, 1.165) is 0 Å². The quantitative estimate of drug-likeness (QED) is 0.536. The van der Waals surface area contributed by atoms with Crippen LogP contribution in [0, 0.1) is 0 Å². The summed E-state index contributed by atoms with van der Waals surface area (Å²) in [5, 5.41) is 4.76. The fourth-order valence-corrected chi connectivity index (χ4v) is 5.98. The lowest BCUT2D eigenvalue weighted by Crippen LogP contribution is -2.48. The summed E-state index contributed by atoms with van der Waals surface area (Å²) in [7, 11) is -3.78. The Hall–Kier alpha value is -1.68. The number of sulfonamides is 1. The van der Waals surface area contributed by atoms with E-state index in [9.17, 15) is 8.42 Å². The smallest absolute Gasteiger partial charge is 0.246 e. The van der Waals surface area contributed by atoms with Crippen LogP contribution in [0.4, 0.5) is 0 Å². The first kappa shape index (κ1) is 21.5. The summed E-state index contributed by atoms with van der Waals surface area (Å²) < 4.78 is 32.7. The highest BCUT2D eigenvalue weighted by atomic mass is 35.5. The van der Waals surface area contributed by atoms with Gasteiger partial charge in [0.1, 0.15) is 4.90 Å². The molecule has 11 heteroatoms. The van der Waals surface area contributed by atoms with Crippen LogP contribution < -0.4 is 0 Å². The van der Waals surface area contributed by atoms with Gasteiger partial charge in [-0.1, -0.05) is 58.2 Å². The standard InChI is InChI=1S/C19H17Cl3N4O3S/c20-14-5-2-1-4-13(14)19-23-17(29-24-19)12-25-8-10-26(11-9-25)30(27,28)18-15(21)6-3-7-16(18)22/h1-7H,8-12H2. The van der Waals surface area contributed by atoms with E-state index in [-0.39, 0.29) is 14.9 Å². The maximum atomic E-state index is 13.0. The van der Waals surface area contributed by atoms with Crippen molar-refractivity contribution >= 4 is 44.8 Å². The van der Waals surface area contributed by atoms with Gasteiger partial charge in [0.15, 0.2) is 0 Å². The summed E-state index contributed by atoms with van der Waals surface area (Å²) in [5.74, 6) is 0.862. The molecule has 0 atom stereocenters. The normalized spacial score (nSPS) is 16.1. The Morgan fingerprint density at radius 3 is 2.20 bits per heavy atom. The summed E-state index contributed by atoms with van der Waals surface area (Å²) in [5.41, 5.74) is 0.696. The van der Waals surface area contributed by atoms with Gasteiger partial charge in [0.05, 0.1) is 21.6 Å². The van der Waals surface area contributed by atoms with Gasteiger partial charge in [0.25, 0.3) is 0 Å². The molecule has 1 aromatic heterocycles. The van der Waals surface area contributed by atoms with Gasteiger partial charge in [-0.3, -0.25) is 4.90 Å². The summed E-state index contributed by atoms with van der Waals surface area (Å²) in [6, 6.07) is 11.9. The third kappa shape index (κ3) is 4.34. The first-order valence-corrected chi connectivity index (χ1v) is 11.7. The molecule has 30 heavy (non-hydrogen) atoms. The van der Waals surface area contributed by atoms with Crippen LogP contribution in [-0.2, 0) is 16.6 Å². The molecule has 4 rings (SSSR count). The maximum Gasteiger partial charge on any atom is 0.246 e. The molecule has 0 N–H and O–H groups in total. The van der Waals surface area contributed by atoms with Gasteiger partial charge in [-0.25, -0.2) is 8.42 Å². The molecular weight excluding hydrogens is 471 g/mol. The number of halogens is 3. The van der Waals surface area contributed by atoms with Gasteiger partial charge in [-0.15, -0.1) is 0 Å². The van der Waals surface area contributed by atoms with Gasteiger partial charge in [0, 0.05) is 31.7 Å². The van der Waals surface area contributed by atoms with E-state index in [1.807, 2.05) is 23.1 Å². The van der Waals surface area contributed by atoms with Gasteiger partial charge >= 0.3 is 0 Å². The maximum absolute atomic E-state index is 13.0. The largest absolute Gasteiger partial charge is 0.338 e. The van der Waals surface area contributed by atoms with E-state index in [1.54, 1.807) is 12.1 Å². The lowest BCUT2D eigenvalue weighted by molar-refractivity contribution is 0.163.